The van der Waals surface area contributed by atoms with Crippen molar-refractivity contribution in [3.05, 3.63) is 11.6 Å². The van der Waals surface area contributed by atoms with E-state index in [0.717, 1.165) is 62.3 Å². The lowest BCUT2D eigenvalue weighted by atomic mass is 9.86. The average Bonchev–Trinajstić information content (AvgIpc) is 3.37. The van der Waals surface area contributed by atoms with Crippen LogP contribution in [0.2, 0.25) is 0 Å². The van der Waals surface area contributed by atoms with E-state index in [2.05, 4.69) is 19.7 Å². The van der Waals surface area contributed by atoms with Crippen molar-refractivity contribution in [2.24, 2.45) is 17.8 Å². The third-order valence-electron chi connectivity index (χ3n) is 7.33. The summed E-state index contributed by atoms with van der Waals surface area (Å²) in [4.78, 5) is 15.2. The number of carbonyl (C=O) groups is 1. The minimum atomic E-state index is 0.172. The van der Waals surface area contributed by atoms with Crippen LogP contribution in [0.5, 0.6) is 0 Å². The van der Waals surface area contributed by atoms with Gasteiger partial charge in [-0.1, -0.05) is 12.8 Å². The molecule has 4 atom stereocenters. The number of rotatable bonds is 3. The van der Waals surface area contributed by atoms with Crippen LogP contribution in [-0.2, 0) is 17.8 Å². The van der Waals surface area contributed by atoms with E-state index in [1.54, 1.807) is 0 Å². The van der Waals surface area contributed by atoms with Gasteiger partial charge in [0.05, 0.1) is 6.04 Å². The highest BCUT2D eigenvalue weighted by Gasteiger charge is 2.42. The molecule has 0 unspecified atom stereocenters. The van der Waals surface area contributed by atoms with Crippen LogP contribution in [-0.4, -0.2) is 32.1 Å². The molecule has 2 saturated carbocycles. The standard InChI is InChI=1S/C20H30N4O/c25-19(13-16-12-14-7-8-15(16)11-14)23-10-4-5-17(23)20-22-21-18-6-2-1-3-9-24(18)20/h14-17H,1-13H2/t14-,15-,16-,17-/m0/s1. The number of hydrogen-bond donors (Lipinski definition) is 0. The molecular weight excluding hydrogens is 312 g/mol. The van der Waals surface area contributed by atoms with Gasteiger partial charge < -0.3 is 9.47 Å². The van der Waals surface area contributed by atoms with Crippen molar-refractivity contribution in [1.29, 1.82) is 0 Å². The van der Waals surface area contributed by atoms with Gasteiger partial charge in [0.1, 0.15) is 5.82 Å². The highest BCUT2D eigenvalue weighted by atomic mass is 16.2. The third-order valence-corrected chi connectivity index (χ3v) is 7.33. The van der Waals surface area contributed by atoms with Gasteiger partial charge in [-0.3, -0.25) is 4.79 Å². The maximum atomic E-state index is 13.1. The molecule has 5 heteroatoms. The summed E-state index contributed by atoms with van der Waals surface area (Å²) in [7, 11) is 0. The average molecular weight is 342 g/mol. The van der Waals surface area contributed by atoms with Gasteiger partial charge in [-0.05, 0) is 62.7 Å². The molecule has 2 aliphatic carbocycles. The summed E-state index contributed by atoms with van der Waals surface area (Å²) in [6, 6.07) is 0.172. The predicted molar refractivity (Wildman–Crippen MR) is 94.8 cm³/mol. The van der Waals surface area contributed by atoms with Crippen molar-refractivity contribution in [3.8, 4) is 0 Å². The smallest absolute Gasteiger partial charge is 0.223 e. The fourth-order valence-electron chi connectivity index (χ4n) is 6.06. The quantitative estimate of drug-likeness (QED) is 0.845. The zero-order valence-electron chi connectivity index (χ0n) is 15.2. The number of amides is 1. The maximum absolute atomic E-state index is 13.1. The van der Waals surface area contributed by atoms with Crippen LogP contribution in [0.3, 0.4) is 0 Å². The first-order valence-electron chi connectivity index (χ1n) is 10.5. The monoisotopic (exact) mass is 342 g/mol. The molecule has 0 aromatic carbocycles. The Kier molecular flexibility index (Phi) is 4.05. The van der Waals surface area contributed by atoms with Gasteiger partial charge in [0.25, 0.3) is 0 Å². The SMILES string of the molecule is O=C(C[C@@H]1C[C@H]2CC[C@H]1C2)N1CCC[C@H]1c1nnc2n1CCCCC2. The molecule has 25 heavy (non-hydrogen) atoms. The largest absolute Gasteiger partial charge is 0.332 e. The number of hydrogen-bond acceptors (Lipinski definition) is 3. The second kappa shape index (κ2) is 6.40. The molecule has 0 radical (unpaired) electrons. The molecular formula is C20H30N4O. The Labute approximate surface area is 150 Å². The lowest BCUT2D eigenvalue weighted by Gasteiger charge is -2.28. The van der Waals surface area contributed by atoms with E-state index < -0.39 is 0 Å². The molecule has 3 heterocycles. The van der Waals surface area contributed by atoms with E-state index in [9.17, 15) is 4.79 Å². The molecule has 5 rings (SSSR count). The van der Waals surface area contributed by atoms with E-state index in [1.165, 1.54) is 44.9 Å². The normalized spacial score (nSPS) is 34.3. The van der Waals surface area contributed by atoms with Crippen molar-refractivity contribution in [3.63, 3.8) is 0 Å². The number of aromatic nitrogens is 3. The molecule has 0 N–H and O–H groups in total. The van der Waals surface area contributed by atoms with Crippen molar-refractivity contribution in [1.82, 2.24) is 19.7 Å². The van der Waals surface area contributed by atoms with Gasteiger partial charge in [-0.25, -0.2) is 0 Å². The molecule has 4 aliphatic rings. The van der Waals surface area contributed by atoms with Gasteiger partial charge >= 0.3 is 0 Å². The topological polar surface area (TPSA) is 51.0 Å². The molecule has 0 spiro atoms. The molecule has 5 nitrogen and oxygen atoms in total. The zero-order chi connectivity index (χ0) is 16.8. The van der Waals surface area contributed by atoms with E-state index in [-0.39, 0.29) is 6.04 Å². The summed E-state index contributed by atoms with van der Waals surface area (Å²) in [6.07, 6.45) is 13.2. The molecule has 1 amide bonds. The first kappa shape index (κ1) is 15.8. The summed E-state index contributed by atoms with van der Waals surface area (Å²) in [5.74, 6) is 4.99. The Morgan fingerprint density at radius 2 is 1.96 bits per heavy atom. The van der Waals surface area contributed by atoms with Crippen molar-refractivity contribution in [2.75, 3.05) is 6.54 Å². The molecule has 2 aliphatic heterocycles. The van der Waals surface area contributed by atoms with Crippen molar-refractivity contribution in [2.45, 2.75) is 83.2 Å². The number of likely N-dealkylation sites (tertiary alicyclic amines) is 1. The highest BCUT2D eigenvalue weighted by Crippen LogP contribution is 2.50. The number of fused-ring (bicyclic) bond motifs is 3. The van der Waals surface area contributed by atoms with Gasteiger partial charge in [0, 0.05) is 25.9 Å². The van der Waals surface area contributed by atoms with Gasteiger partial charge in [0.2, 0.25) is 5.91 Å². The van der Waals surface area contributed by atoms with Crippen LogP contribution in [0.25, 0.3) is 0 Å². The van der Waals surface area contributed by atoms with Crippen molar-refractivity contribution >= 4 is 5.91 Å². The number of aryl methyl sites for hydroxylation is 1. The third kappa shape index (κ3) is 2.80. The Balaban J connectivity index is 1.32. The van der Waals surface area contributed by atoms with Crippen LogP contribution in [0, 0.1) is 17.8 Å². The fourth-order valence-corrected chi connectivity index (χ4v) is 6.06. The second-order valence-corrected chi connectivity index (χ2v) is 8.82. The molecule has 1 aromatic heterocycles. The van der Waals surface area contributed by atoms with Crippen LogP contribution >= 0.6 is 0 Å². The van der Waals surface area contributed by atoms with E-state index >= 15 is 0 Å². The zero-order valence-corrected chi connectivity index (χ0v) is 15.2. The number of carbonyl (C=O) groups excluding carboxylic acids is 1. The van der Waals surface area contributed by atoms with E-state index in [0.29, 0.717) is 11.8 Å². The van der Waals surface area contributed by atoms with Gasteiger partial charge in [-0.15, -0.1) is 10.2 Å². The van der Waals surface area contributed by atoms with E-state index in [4.69, 9.17) is 0 Å². The summed E-state index contributed by atoms with van der Waals surface area (Å²) >= 11 is 0. The second-order valence-electron chi connectivity index (χ2n) is 8.82. The predicted octanol–water partition coefficient (Wildman–Crippen LogP) is 3.49. The Morgan fingerprint density at radius 1 is 1.00 bits per heavy atom. The first-order chi connectivity index (χ1) is 12.3. The van der Waals surface area contributed by atoms with E-state index in [1.807, 2.05) is 0 Å². The minimum absolute atomic E-state index is 0.172. The Hall–Kier alpha value is -1.39. The summed E-state index contributed by atoms with van der Waals surface area (Å²) in [5, 5.41) is 9.01. The van der Waals surface area contributed by atoms with Crippen LogP contribution in [0.15, 0.2) is 0 Å². The minimum Gasteiger partial charge on any atom is -0.332 e. The van der Waals surface area contributed by atoms with Crippen LogP contribution < -0.4 is 0 Å². The Morgan fingerprint density at radius 3 is 2.80 bits per heavy atom. The number of nitrogens with zero attached hydrogens (tertiary/aromatic N) is 4. The van der Waals surface area contributed by atoms with Gasteiger partial charge in [0.15, 0.2) is 5.82 Å². The Bertz CT molecular complexity index is 654. The molecule has 3 fully saturated rings. The molecule has 1 aromatic rings. The summed E-state index contributed by atoms with van der Waals surface area (Å²) in [6.45, 7) is 1.94. The van der Waals surface area contributed by atoms with Gasteiger partial charge in [-0.2, -0.15) is 0 Å². The maximum Gasteiger partial charge on any atom is 0.223 e. The lowest BCUT2D eigenvalue weighted by Crippen LogP contribution is -2.34. The first-order valence-corrected chi connectivity index (χ1v) is 10.5. The summed E-state index contributed by atoms with van der Waals surface area (Å²) < 4.78 is 2.33. The lowest BCUT2D eigenvalue weighted by molar-refractivity contribution is -0.133. The van der Waals surface area contributed by atoms with Crippen LogP contribution in [0.4, 0.5) is 0 Å². The van der Waals surface area contributed by atoms with Crippen molar-refractivity contribution < 1.29 is 4.79 Å². The molecule has 1 saturated heterocycles. The molecule has 136 valence electrons. The van der Waals surface area contributed by atoms with Crippen LogP contribution in [0.1, 0.15) is 81.9 Å². The molecule has 2 bridgehead atoms. The summed E-state index contributed by atoms with van der Waals surface area (Å²) in [5.41, 5.74) is 0. The fraction of sp³-hybridized carbons (Fsp3) is 0.850. The highest BCUT2D eigenvalue weighted by molar-refractivity contribution is 5.77.